The van der Waals surface area contributed by atoms with Gasteiger partial charge in [-0.05, 0) is 12.3 Å². The van der Waals surface area contributed by atoms with E-state index >= 15 is 0 Å². The van der Waals surface area contributed by atoms with Gasteiger partial charge in [0.15, 0.2) is 0 Å². The zero-order valence-electron chi connectivity index (χ0n) is 9.24. The van der Waals surface area contributed by atoms with Gasteiger partial charge in [0.1, 0.15) is 11.5 Å². The number of benzene rings is 1. The molecule has 1 aliphatic rings. The first kappa shape index (κ1) is 11.8. The standard InChI is InChI=1S/C11H12F2N2O2/c1-2-6-3-9(6)14-10-5-7(12)4-8(13)11(10)15(16)17/h4-6,9,14H,2-3H2,1H3. The molecule has 6 heteroatoms. The first-order valence-corrected chi connectivity index (χ1v) is 5.43. The molecule has 0 aliphatic heterocycles. The Morgan fingerprint density at radius 3 is 2.76 bits per heavy atom. The maximum Gasteiger partial charge on any atom is 0.327 e. The van der Waals surface area contributed by atoms with Crippen molar-refractivity contribution in [2.45, 2.75) is 25.8 Å². The molecule has 2 rings (SSSR count). The van der Waals surface area contributed by atoms with Crippen molar-refractivity contribution in [3.8, 4) is 0 Å². The van der Waals surface area contributed by atoms with Gasteiger partial charge in [-0.2, -0.15) is 4.39 Å². The van der Waals surface area contributed by atoms with Crippen LogP contribution in [0.5, 0.6) is 0 Å². The van der Waals surface area contributed by atoms with Gasteiger partial charge in [0.2, 0.25) is 5.82 Å². The first-order valence-electron chi connectivity index (χ1n) is 5.43. The Labute approximate surface area is 96.8 Å². The Bertz CT molecular complexity index is 465. The molecule has 1 N–H and O–H groups in total. The van der Waals surface area contributed by atoms with Gasteiger partial charge >= 0.3 is 5.69 Å². The lowest BCUT2D eigenvalue weighted by Gasteiger charge is -2.07. The summed E-state index contributed by atoms with van der Waals surface area (Å²) in [6.07, 6.45) is 1.83. The lowest BCUT2D eigenvalue weighted by atomic mass is 10.2. The Morgan fingerprint density at radius 1 is 1.53 bits per heavy atom. The second-order valence-corrected chi connectivity index (χ2v) is 4.20. The molecule has 17 heavy (non-hydrogen) atoms. The van der Waals surface area contributed by atoms with Crippen LogP contribution in [0.4, 0.5) is 20.2 Å². The van der Waals surface area contributed by atoms with E-state index in [1.807, 2.05) is 6.92 Å². The van der Waals surface area contributed by atoms with E-state index in [1.54, 1.807) is 0 Å². The number of rotatable bonds is 4. The van der Waals surface area contributed by atoms with Crippen molar-refractivity contribution in [1.29, 1.82) is 0 Å². The molecular weight excluding hydrogens is 230 g/mol. The quantitative estimate of drug-likeness (QED) is 0.652. The summed E-state index contributed by atoms with van der Waals surface area (Å²) in [5.74, 6) is -1.53. The molecule has 0 bridgehead atoms. The van der Waals surface area contributed by atoms with Crippen LogP contribution in [0.1, 0.15) is 19.8 Å². The van der Waals surface area contributed by atoms with Crippen LogP contribution in [0.2, 0.25) is 0 Å². The van der Waals surface area contributed by atoms with Crippen LogP contribution in [0, 0.1) is 27.7 Å². The number of nitrogens with one attached hydrogen (secondary N) is 1. The van der Waals surface area contributed by atoms with Crippen molar-refractivity contribution < 1.29 is 13.7 Å². The molecular formula is C11H12F2N2O2. The lowest BCUT2D eigenvalue weighted by Crippen LogP contribution is -2.08. The Balaban J connectivity index is 2.28. The summed E-state index contributed by atoms with van der Waals surface area (Å²) in [6, 6.07) is 1.57. The molecule has 4 nitrogen and oxygen atoms in total. The third-order valence-electron chi connectivity index (χ3n) is 3.00. The summed E-state index contributed by atoms with van der Waals surface area (Å²) in [4.78, 5) is 9.88. The Hall–Kier alpha value is -1.72. The molecule has 1 saturated carbocycles. The van der Waals surface area contributed by atoms with Crippen molar-refractivity contribution >= 4 is 11.4 Å². The fourth-order valence-corrected chi connectivity index (χ4v) is 1.94. The fraction of sp³-hybridized carbons (Fsp3) is 0.455. The van der Waals surface area contributed by atoms with E-state index in [0.717, 1.165) is 18.9 Å². The second kappa shape index (κ2) is 4.27. The second-order valence-electron chi connectivity index (χ2n) is 4.20. The van der Waals surface area contributed by atoms with Gasteiger partial charge in [-0.15, -0.1) is 0 Å². The van der Waals surface area contributed by atoms with Gasteiger partial charge in [0.25, 0.3) is 0 Å². The first-order chi connectivity index (χ1) is 8.02. The van der Waals surface area contributed by atoms with Crippen LogP contribution in [-0.4, -0.2) is 11.0 Å². The maximum atomic E-state index is 13.3. The number of nitro benzene ring substituents is 1. The van der Waals surface area contributed by atoms with Crippen molar-refractivity contribution in [1.82, 2.24) is 0 Å². The summed E-state index contributed by atoms with van der Waals surface area (Å²) in [6.45, 7) is 2.01. The number of hydrogen-bond acceptors (Lipinski definition) is 3. The minimum absolute atomic E-state index is 0.0755. The molecule has 0 spiro atoms. The van der Waals surface area contributed by atoms with Gasteiger partial charge in [0, 0.05) is 18.2 Å². The number of nitrogens with zero attached hydrogens (tertiary/aromatic N) is 1. The van der Waals surface area contributed by atoms with Crippen molar-refractivity contribution in [2.75, 3.05) is 5.32 Å². The minimum atomic E-state index is -1.15. The molecule has 0 heterocycles. The molecule has 0 amide bonds. The molecule has 0 saturated heterocycles. The van der Waals surface area contributed by atoms with E-state index in [9.17, 15) is 18.9 Å². The average Bonchev–Trinajstić information content (AvgIpc) is 2.94. The molecule has 0 aromatic heterocycles. The van der Waals surface area contributed by atoms with Gasteiger partial charge < -0.3 is 5.32 Å². The molecule has 1 aromatic rings. The molecule has 1 aliphatic carbocycles. The summed E-state index contributed by atoms with van der Waals surface area (Å²) < 4.78 is 26.3. The molecule has 1 aromatic carbocycles. The van der Waals surface area contributed by atoms with E-state index < -0.39 is 22.2 Å². The number of nitro groups is 1. The van der Waals surface area contributed by atoms with E-state index in [1.165, 1.54) is 0 Å². The van der Waals surface area contributed by atoms with Crippen molar-refractivity contribution in [3.05, 3.63) is 33.9 Å². The third kappa shape index (κ3) is 2.35. The normalized spacial score (nSPS) is 22.3. The summed E-state index contributed by atoms with van der Waals surface area (Å²) in [5.41, 5.74) is -0.762. The highest BCUT2D eigenvalue weighted by Gasteiger charge is 2.37. The average molecular weight is 242 g/mol. The zero-order chi connectivity index (χ0) is 12.6. The molecule has 0 radical (unpaired) electrons. The van der Waals surface area contributed by atoms with Crippen LogP contribution in [0.25, 0.3) is 0 Å². The maximum absolute atomic E-state index is 13.3. The van der Waals surface area contributed by atoms with Crippen LogP contribution in [0.3, 0.4) is 0 Å². The summed E-state index contributed by atoms with van der Waals surface area (Å²) in [5, 5.41) is 13.5. The Kier molecular flexibility index (Phi) is 2.95. The van der Waals surface area contributed by atoms with Crippen LogP contribution >= 0.6 is 0 Å². The molecule has 2 unspecified atom stereocenters. The molecule has 92 valence electrons. The predicted molar refractivity (Wildman–Crippen MR) is 58.8 cm³/mol. The zero-order valence-corrected chi connectivity index (χ0v) is 9.24. The van der Waals surface area contributed by atoms with E-state index in [-0.39, 0.29) is 11.7 Å². The fourth-order valence-electron chi connectivity index (χ4n) is 1.94. The largest absolute Gasteiger partial charge is 0.376 e. The minimum Gasteiger partial charge on any atom is -0.376 e. The Morgan fingerprint density at radius 2 is 2.24 bits per heavy atom. The van der Waals surface area contributed by atoms with Gasteiger partial charge in [-0.3, -0.25) is 10.1 Å². The molecule has 2 atom stereocenters. The van der Waals surface area contributed by atoms with Gasteiger partial charge in [-0.25, -0.2) is 4.39 Å². The number of halogens is 2. The summed E-state index contributed by atoms with van der Waals surface area (Å²) >= 11 is 0. The molecule has 1 fully saturated rings. The topological polar surface area (TPSA) is 55.2 Å². The highest BCUT2D eigenvalue weighted by molar-refractivity contribution is 5.63. The number of hydrogen-bond donors (Lipinski definition) is 1. The predicted octanol–water partition coefficient (Wildman–Crippen LogP) is 3.08. The van der Waals surface area contributed by atoms with E-state index in [4.69, 9.17) is 0 Å². The van der Waals surface area contributed by atoms with Crippen molar-refractivity contribution in [2.24, 2.45) is 5.92 Å². The lowest BCUT2D eigenvalue weighted by molar-refractivity contribution is -0.386. The van der Waals surface area contributed by atoms with Crippen molar-refractivity contribution in [3.63, 3.8) is 0 Å². The highest BCUT2D eigenvalue weighted by Crippen LogP contribution is 2.39. The number of anilines is 1. The van der Waals surface area contributed by atoms with Crippen LogP contribution < -0.4 is 5.32 Å². The van der Waals surface area contributed by atoms with E-state index in [0.29, 0.717) is 12.0 Å². The summed E-state index contributed by atoms with van der Waals surface area (Å²) in [7, 11) is 0. The smallest absolute Gasteiger partial charge is 0.327 e. The van der Waals surface area contributed by atoms with Crippen LogP contribution in [0.15, 0.2) is 12.1 Å². The van der Waals surface area contributed by atoms with Gasteiger partial charge in [-0.1, -0.05) is 13.3 Å². The highest BCUT2D eigenvalue weighted by atomic mass is 19.1. The van der Waals surface area contributed by atoms with E-state index in [2.05, 4.69) is 5.32 Å². The third-order valence-corrected chi connectivity index (χ3v) is 3.00. The SMILES string of the molecule is CCC1CC1Nc1cc(F)cc(F)c1[N+](=O)[O-]. The monoisotopic (exact) mass is 242 g/mol. The van der Waals surface area contributed by atoms with Crippen LogP contribution in [-0.2, 0) is 0 Å². The van der Waals surface area contributed by atoms with Gasteiger partial charge in [0.05, 0.1) is 4.92 Å².